The van der Waals surface area contributed by atoms with Gasteiger partial charge < -0.3 is 20.5 Å². The van der Waals surface area contributed by atoms with Gasteiger partial charge in [0, 0.05) is 24.3 Å². The Hall–Kier alpha value is -2.53. The second-order valence-corrected chi connectivity index (χ2v) is 7.21. The van der Waals surface area contributed by atoms with Crippen molar-refractivity contribution in [3.63, 3.8) is 0 Å². The Morgan fingerprint density at radius 2 is 1.85 bits per heavy atom. The summed E-state index contributed by atoms with van der Waals surface area (Å²) in [5.74, 6) is 0.707. The van der Waals surface area contributed by atoms with Gasteiger partial charge in [-0.15, -0.1) is 0 Å². The van der Waals surface area contributed by atoms with Gasteiger partial charge in [-0.2, -0.15) is 0 Å². The quantitative estimate of drug-likeness (QED) is 0.702. The van der Waals surface area contributed by atoms with Crippen LogP contribution in [0.4, 0.5) is 11.4 Å². The van der Waals surface area contributed by atoms with E-state index in [0.717, 1.165) is 48.4 Å². The van der Waals surface area contributed by atoms with Gasteiger partial charge in [0.25, 0.3) is 0 Å². The second-order valence-electron chi connectivity index (χ2n) is 7.21. The number of ether oxygens (including phenoxy) is 1. The summed E-state index contributed by atoms with van der Waals surface area (Å²) in [7, 11) is 0. The summed E-state index contributed by atoms with van der Waals surface area (Å²) < 4.78 is 5.95. The number of carbonyl (C=O) groups excluding carboxylic acids is 1. The molecular weight excluding hydrogens is 340 g/mol. The zero-order chi connectivity index (χ0) is 19.2. The maximum absolute atomic E-state index is 11.2. The number of hydrogen-bond acceptors (Lipinski definition) is 4. The summed E-state index contributed by atoms with van der Waals surface area (Å²) in [6.45, 7) is 3.58. The third kappa shape index (κ3) is 5.47. The van der Waals surface area contributed by atoms with Crippen molar-refractivity contribution in [1.82, 2.24) is 0 Å². The summed E-state index contributed by atoms with van der Waals surface area (Å²) in [4.78, 5) is 11.2. The number of amides is 1. The minimum atomic E-state index is -0.368. The van der Waals surface area contributed by atoms with Crippen molar-refractivity contribution >= 4 is 17.3 Å². The molecule has 0 aliphatic heterocycles. The molecule has 27 heavy (non-hydrogen) atoms. The monoisotopic (exact) mass is 368 g/mol. The molecule has 1 amide bonds. The van der Waals surface area contributed by atoms with Gasteiger partial charge in [-0.25, -0.2) is 0 Å². The van der Waals surface area contributed by atoms with Gasteiger partial charge in [-0.05, 0) is 68.1 Å². The lowest BCUT2D eigenvalue weighted by atomic mass is 9.95. The molecule has 3 N–H and O–H groups in total. The van der Waals surface area contributed by atoms with E-state index in [1.807, 2.05) is 48.5 Å². The molecule has 0 saturated heterocycles. The zero-order valence-electron chi connectivity index (χ0n) is 15.9. The molecule has 0 heterocycles. The molecule has 0 unspecified atom stereocenters. The van der Waals surface area contributed by atoms with Gasteiger partial charge in [-0.3, -0.25) is 4.79 Å². The van der Waals surface area contributed by atoms with Crippen LogP contribution in [0.1, 0.15) is 51.1 Å². The molecule has 0 spiro atoms. The number of benzene rings is 2. The Kier molecular flexibility index (Phi) is 6.35. The van der Waals surface area contributed by atoms with Crippen LogP contribution in [0.3, 0.4) is 0 Å². The van der Waals surface area contributed by atoms with Gasteiger partial charge in [0.15, 0.2) is 0 Å². The number of carbonyl (C=O) groups is 1. The second kappa shape index (κ2) is 8.91. The Bertz CT molecular complexity index is 760. The molecular formula is C22H28N2O3. The van der Waals surface area contributed by atoms with E-state index in [1.165, 1.54) is 6.92 Å². The van der Waals surface area contributed by atoms with Crippen LogP contribution in [-0.2, 0) is 4.79 Å². The van der Waals surface area contributed by atoms with Crippen LogP contribution in [0.15, 0.2) is 48.5 Å². The summed E-state index contributed by atoms with van der Waals surface area (Å²) in [6.07, 6.45) is 3.43. The van der Waals surface area contributed by atoms with Crippen LogP contribution in [0.25, 0.3) is 0 Å². The Labute approximate surface area is 160 Å². The molecule has 2 aromatic rings. The topological polar surface area (TPSA) is 70.6 Å². The number of anilines is 2. The fraction of sp³-hybridized carbons (Fsp3) is 0.409. The van der Waals surface area contributed by atoms with Crippen molar-refractivity contribution in [2.24, 2.45) is 0 Å². The number of rotatable bonds is 6. The third-order valence-corrected chi connectivity index (χ3v) is 4.90. The molecule has 1 aliphatic carbocycles. The number of aliphatic hydroxyl groups excluding tert-OH is 1. The Morgan fingerprint density at radius 3 is 2.56 bits per heavy atom. The van der Waals surface area contributed by atoms with Gasteiger partial charge in [-0.1, -0.05) is 18.6 Å². The highest BCUT2D eigenvalue weighted by atomic mass is 16.5. The highest BCUT2D eigenvalue weighted by Gasteiger charge is 2.24. The minimum Gasteiger partial charge on any atom is -0.488 e. The molecule has 5 heteroatoms. The molecule has 2 aromatic carbocycles. The lowest BCUT2D eigenvalue weighted by Crippen LogP contribution is -2.34. The van der Waals surface area contributed by atoms with Gasteiger partial charge in [0.1, 0.15) is 11.9 Å². The first-order chi connectivity index (χ1) is 13.0. The Morgan fingerprint density at radius 1 is 1.11 bits per heavy atom. The number of hydrogen-bond donors (Lipinski definition) is 3. The summed E-state index contributed by atoms with van der Waals surface area (Å²) >= 11 is 0. The zero-order valence-corrected chi connectivity index (χ0v) is 15.9. The van der Waals surface area contributed by atoms with E-state index in [9.17, 15) is 9.90 Å². The van der Waals surface area contributed by atoms with Crippen molar-refractivity contribution < 1.29 is 14.6 Å². The molecule has 3 atom stereocenters. The summed E-state index contributed by atoms with van der Waals surface area (Å²) in [6, 6.07) is 15.7. The van der Waals surface area contributed by atoms with Gasteiger partial charge in [0.2, 0.25) is 5.91 Å². The van der Waals surface area contributed by atoms with Crippen molar-refractivity contribution in [3.8, 4) is 5.75 Å². The van der Waals surface area contributed by atoms with Crippen LogP contribution in [-0.4, -0.2) is 23.2 Å². The normalized spacial score (nSPS) is 20.6. The molecule has 3 rings (SSSR count). The van der Waals surface area contributed by atoms with Crippen molar-refractivity contribution in [3.05, 3.63) is 54.1 Å². The molecule has 1 saturated carbocycles. The largest absolute Gasteiger partial charge is 0.488 e. The van der Waals surface area contributed by atoms with Gasteiger partial charge >= 0.3 is 0 Å². The highest BCUT2D eigenvalue weighted by Crippen LogP contribution is 2.26. The summed E-state index contributed by atoms with van der Waals surface area (Å²) in [5, 5.41) is 16.3. The molecule has 144 valence electrons. The molecule has 1 aliphatic rings. The predicted molar refractivity (Wildman–Crippen MR) is 108 cm³/mol. The van der Waals surface area contributed by atoms with E-state index in [4.69, 9.17) is 4.74 Å². The van der Waals surface area contributed by atoms with E-state index < -0.39 is 0 Å². The highest BCUT2D eigenvalue weighted by molar-refractivity contribution is 5.88. The van der Waals surface area contributed by atoms with Crippen molar-refractivity contribution in [1.29, 1.82) is 0 Å². The lowest BCUT2D eigenvalue weighted by molar-refractivity contribution is -0.114. The average Bonchev–Trinajstić information content (AvgIpc) is 2.65. The van der Waals surface area contributed by atoms with E-state index in [1.54, 1.807) is 0 Å². The smallest absolute Gasteiger partial charge is 0.221 e. The maximum atomic E-state index is 11.2. The molecule has 1 fully saturated rings. The van der Waals surface area contributed by atoms with E-state index in [0.29, 0.717) is 0 Å². The summed E-state index contributed by atoms with van der Waals surface area (Å²) in [5.41, 5.74) is 2.87. The minimum absolute atomic E-state index is 0.0774. The van der Waals surface area contributed by atoms with Gasteiger partial charge in [0.05, 0.1) is 6.10 Å². The first-order valence-corrected chi connectivity index (χ1v) is 9.60. The molecule has 5 nitrogen and oxygen atoms in total. The maximum Gasteiger partial charge on any atom is 0.221 e. The predicted octanol–water partition coefficient (Wildman–Crippen LogP) is 4.50. The van der Waals surface area contributed by atoms with Crippen molar-refractivity contribution in [2.75, 3.05) is 10.6 Å². The molecule has 0 radical (unpaired) electrons. The van der Waals surface area contributed by atoms with Crippen LogP contribution in [0.2, 0.25) is 0 Å². The first kappa shape index (κ1) is 19.2. The number of aliphatic hydroxyl groups is 1. The van der Waals surface area contributed by atoms with Crippen LogP contribution in [0, 0.1) is 0 Å². The van der Waals surface area contributed by atoms with E-state index in [-0.39, 0.29) is 24.2 Å². The SMILES string of the molecule is CC(=O)Nc1cccc([C@H](C)Nc2ccc(O[C@H]3CCCC[C@H]3O)cc2)c1. The van der Waals surface area contributed by atoms with E-state index in [2.05, 4.69) is 17.6 Å². The number of nitrogens with one attached hydrogen (secondary N) is 2. The Balaban J connectivity index is 1.60. The standard InChI is InChI=1S/C22H28N2O3/c1-15(17-6-5-7-19(14-17)24-16(2)25)23-18-10-12-20(13-11-18)27-22-9-4-3-8-21(22)26/h5-7,10-15,21-23,26H,3-4,8-9H2,1-2H3,(H,24,25)/t15-,21+,22-/m0/s1. The fourth-order valence-corrected chi connectivity index (χ4v) is 3.44. The van der Waals surface area contributed by atoms with Crippen LogP contribution >= 0.6 is 0 Å². The average molecular weight is 368 g/mol. The van der Waals surface area contributed by atoms with Crippen LogP contribution in [0.5, 0.6) is 5.75 Å². The first-order valence-electron chi connectivity index (χ1n) is 9.60. The van der Waals surface area contributed by atoms with Crippen molar-refractivity contribution in [2.45, 2.75) is 57.8 Å². The molecule has 0 bridgehead atoms. The lowest BCUT2D eigenvalue weighted by Gasteiger charge is -2.28. The van der Waals surface area contributed by atoms with E-state index >= 15 is 0 Å². The fourth-order valence-electron chi connectivity index (χ4n) is 3.44. The third-order valence-electron chi connectivity index (χ3n) is 4.90. The van der Waals surface area contributed by atoms with Crippen LogP contribution < -0.4 is 15.4 Å². The molecule has 0 aromatic heterocycles.